The van der Waals surface area contributed by atoms with Crippen LogP contribution in [-0.2, 0) is 21.6 Å². The maximum Gasteiger partial charge on any atom is 0.332 e. The molecule has 2 aromatic rings. The lowest BCUT2D eigenvalue weighted by Crippen LogP contribution is -2.55. The van der Waals surface area contributed by atoms with E-state index in [0.29, 0.717) is 6.54 Å². The molecule has 0 spiro atoms. The molecule has 0 amide bonds. The highest BCUT2D eigenvalue weighted by molar-refractivity contribution is 5.82. The van der Waals surface area contributed by atoms with Crippen molar-refractivity contribution in [3.05, 3.63) is 54.6 Å². The number of aromatic nitrogens is 2. The highest BCUT2D eigenvalue weighted by Gasteiger charge is 2.42. The van der Waals surface area contributed by atoms with Gasteiger partial charge in [-0.05, 0) is 19.4 Å². The number of esters is 1. The number of nitrogens with zero attached hydrogens (tertiary/aromatic N) is 2. The molecule has 1 atom stereocenters. The van der Waals surface area contributed by atoms with Gasteiger partial charge in [0.15, 0.2) is 5.54 Å². The van der Waals surface area contributed by atoms with Crippen molar-refractivity contribution in [1.29, 1.82) is 0 Å². The van der Waals surface area contributed by atoms with Gasteiger partial charge in [-0.15, -0.1) is 0 Å². The van der Waals surface area contributed by atoms with Crippen molar-refractivity contribution >= 4 is 5.97 Å². The molecule has 21 heavy (non-hydrogen) atoms. The van der Waals surface area contributed by atoms with Crippen LogP contribution in [0.3, 0.4) is 0 Å². The van der Waals surface area contributed by atoms with E-state index in [9.17, 15) is 4.79 Å². The van der Waals surface area contributed by atoms with Gasteiger partial charge < -0.3 is 9.30 Å². The molecule has 2 rings (SSSR count). The van der Waals surface area contributed by atoms with Crippen molar-refractivity contribution in [1.82, 2.24) is 14.9 Å². The average molecular weight is 287 g/mol. The fourth-order valence-corrected chi connectivity index (χ4v) is 2.51. The summed E-state index contributed by atoms with van der Waals surface area (Å²) < 4.78 is 6.96. The number of nitrogens with one attached hydrogen (secondary N) is 1. The molecule has 1 heterocycles. The molecule has 0 saturated carbocycles. The SMILES string of the molecule is COC(=O)C(Cn1ccnc1)(NC(C)C)c1ccccc1. The molecule has 112 valence electrons. The maximum absolute atomic E-state index is 12.6. The van der Waals surface area contributed by atoms with E-state index in [4.69, 9.17) is 4.74 Å². The lowest BCUT2D eigenvalue weighted by molar-refractivity contribution is -0.150. The summed E-state index contributed by atoms with van der Waals surface area (Å²) in [5.41, 5.74) is -0.0653. The highest BCUT2D eigenvalue weighted by Crippen LogP contribution is 2.26. The minimum atomic E-state index is -0.940. The van der Waals surface area contributed by atoms with Gasteiger partial charge in [-0.3, -0.25) is 5.32 Å². The van der Waals surface area contributed by atoms with Crippen LogP contribution >= 0.6 is 0 Å². The minimum Gasteiger partial charge on any atom is -0.467 e. The van der Waals surface area contributed by atoms with Crippen LogP contribution in [0.4, 0.5) is 0 Å². The Morgan fingerprint density at radius 2 is 2.10 bits per heavy atom. The van der Waals surface area contributed by atoms with Crippen LogP contribution in [0.15, 0.2) is 49.1 Å². The Hall–Kier alpha value is -2.14. The van der Waals surface area contributed by atoms with Gasteiger partial charge in [-0.25, -0.2) is 9.78 Å². The largest absolute Gasteiger partial charge is 0.467 e. The van der Waals surface area contributed by atoms with Crippen molar-refractivity contribution in [2.24, 2.45) is 0 Å². The third-order valence-corrected chi connectivity index (χ3v) is 3.31. The normalized spacial score (nSPS) is 13.9. The van der Waals surface area contributed by atoms with Gasteiger partial charge in [-0.1, -0.05) is 30.3 Å². The topological polar surface area (TPSA) is 56.2 Å². The Balaban J connectivity index is 2.50. The third-order valence-electron chi connectivity index (χ3n) is 3.31. The van der Waals surface area contributed by atoms with Crippen LogP contribution < -0.4 is 5.32 Å². The minimum absolute atomic E-state index is 0.118. The Morgan fingerprint density at radius 3 is 2.62 bits per heavy atom. The van der Waals surface area contributed by atoms with Gasteiger partial charge >= 0.3 is 5.97 Å². The van der Waals surface area contributed by atoms with Crippen molar-refractivity contribution in [2.75, 3.05) is 7.11 Å². The van der Waals surface area contributed by atoms with E-state index in [0.717, 1.165) is 5.56 Å². The second-order valence-corrected chi connectivity index (χ2v) is 5.30. The second kappa shape index (κ2) is 6.54. The monoisotopic (exact) mass is 287 g/mol. The summed E-state index contributed by atoms with van der Waals surface area (Å²) in [6, 6.07) is 9.75. The molecule has 0 radical (unpaired) electrons. The number of carbonyl (C=O) groups excluding carboxylic acids is 1. The van der Waals surface area contributed by atoms with Crippen LogP contribution in [0.1, 0.15) is 19.4 Å². The first-order chi connectivity index (χ1) is 10.1. The average Bonchev–Trinajstić information content (AvgIpc) is 2.99. The molecule has 5 nitrogen and oxygen atoms in total. The zero-order chi connectivity index (χ0) is 15.3. The Kier molecular flexibility index (Phi) is 4.75. The standard InChI is InChI=1S/C16H21N3O2/c1-13(2)18-16(15(20)21-3,11-19-10-9-17-12-19)14-7-5-4-6-8-14/h4-10,12-13,18H,11H2,1-3H3. The van der Waals surface area contributed by atoms with E-state index < -0.39 is 5.54 Å². The zero-order valence-corrected chi connectivity index (χ0v) is 12.6. The predicted octanol–water partition coefficient (Wildman–Crippen LogP) is 1.95. The van der Waals surface area contributed by atoms with E-state index in [1.54, 1.807) is 12.5 Å². The summed E-state index contributed by atoms with van der Waals surface area (Å²) in [6.07, 6.45) is 5.23. The number of benzene rings is 1. The number of imidazole rings is 1. The molecule has 5 heteroatoms. The van der Waals surface area contributed by atoms with E-state index in [2.05, 4.69) is 10.3 Å². The zero-order valence-electron chi connectivity index (χ0n) is 12.6. The molecule has 1 N–H and O–H groups in total. The predicted molar refractivity (Wildman–Crippen MR) is 80.6 cm³/mol. The molecule has 0 aliphatic carbocycles. The van der Waals surface area contributed by atoms with E-state index in [1.807, 2.05) is 54.9 Å². The summed E-state index contributed by atoms with van der Waals surface area (Å²) in [4.78, 5) is 16.6. The molecule has 0 bridgehead atoms. The number of rotatable bonds is 6. The molecule has 1 aromatic heterocycles. The molecule has 1 unspecified atom stereocenters. The smallest absolute Gasteiger partial charge is 0.332 e. The van der Waals surface area contributed by atoms with E-state index >= 15 is 0 Å². The first-order valence-electron chi connectivity index (χ1n) is 6.96. The van der Waals surface area contributed by atoms with Crippen molar-refractivity contribution in [2.45, 2.75) is 32.0 Å². The summed E-state index contributed by atoms with van der Waals surface area (Å²) >= 11 is 0. The van der Waals surface area contributed by atoms with Gasteiger partial charge in [-0.2, -0.15) is 0 Å². The Morgan fingerprint density at radius 1 is 1.38 bits per heavy atom. The van der Waals surface area contributed by atoms with Crippen molar-refractivity contribution in [3.8, 4) is 0 Å². The fraction of sp³-hybridized carbons (Fsp3) is 0.375. The molecule has 0 saturated heterocycles. The van der Waals surface area contributed by atoms with E-state index in [1.165, 1.54) is 7.11 Å². The molecular formula is C16H21N3O2. The van der Waals surface area contributed by atoms with Crippen LogP contribution in [0.25, 0.3) is 0 Å². The summed E-state index contributed by atoms with van der Waals surface area (Å²) in [5, 5.41) is 3.38. The Bertz CT molecular complexity index is 566. The van der Waals surface area contributed by atoms with Crippen LogP contribution in [-0.4, -0.2) is 28.7 Å². The quantitative estimate of drug-likeness (QED) is 0.825. The van der Waals surface area contributed by atoms with Crippen LogP contribution in [0.2, 0.25) is 0 Å². The number of carbonyl (C=O) groups is 1. The number of methoxy groups -OCH3 is 1. The third kappa shape index (κ3) is 3.31. The van der Waals surface area contributed by atoms with Gasteiger partial charge in [0, 0.05) is 18.4 Å². The van der Waals surface area contributed by atoms with Crippen LogP contribution in [0, 0.1) is 0 Å². The van der Waals surface area contributed by atoms with Gasteiger partial charge in [0.1, 0.15) is 0 Å². The summed E-state index contributed by atoms with van der Waals surface area (Å²) in [7, 11) is 1.41. The van der Waals surface area contributed by atoms with Crippen molar-refractivity contribution < 1.29 is 9.53 Å². The molecular weight excluding hydrogens is 266 g/mol. The van der Waals surface area contributed by atoms with Crippen molar-refractivity contribution in [3.63, 3.8) is 0 Å². The molecule has 1 aromatic carbocycles. The molecule has 0 aliphatic rings. The molecule has 0 aliphatic heterocycles. The fourth-order valence-electron chi connectivity index (χ4n) is 2.51. The summed E-state index contributed by atoms with van der Waals surface area (Å²) in [6.45, 7) is 4.44. The van der Waals surface area contributed by atoms with Gasteiger partial charge in [0.2, 0.25) is 0 Å². The molecule has 0 fully saturated rings. The first kappa shape index (κ1) is 15.3. The first-order valence-corrected chi connectivity index (χ1v) is 6.96. The lowest BCUT2D eigenvalue weighted by atomic mass is 9.88. The van der Waals surface area contributed by atoms with Gasteiger partial charge in [0.05, 0.1) is 20.0 Å². The summed E-state index contributed by atoms with van der Waals surface area (Å²) in [5.74, 6) is -0.309. The number of ether oxygens (including phenoxy) is 1. The van der Waals surface area contributed by atoms with E-state index in [-0.39, 0.29) is 12.0 Å². The Labute approximate surface area is 125 Å². The number of hydrogen-bond acceptors (Lipinski definition) is 4. The van der Waals surface area contributed by atoms with Crippen LogP contribution in [0.5, 0.6) is 0 Å². The highest BCUT2D eigenvalue weighted by atomic mass is 16.5. The second-order valence-electron chi connectivity index (χ2n) is 5.30. The lowest BCUT2D eigenvalue weighted by Gasteiger charge is -2.34. The number of hydrogen-bond donors (Lipinski definition) is 1. The van der Waals surface area contributed by atoms with Gasteiger partial charge in [0.25, 0.3) is 0 Å². The maximum atomic E-state index is 12.6.